The van der Waals surface area contributed by atoms with E-state index in [0.29, 0.717) is 11.1 Å². The monoisotopic (exact) mass is 832 g/mol. The molecule has 61 heavy (non-hydrogen) atoms. The van der Waals surface area contributed by atoms with Gasteiger partial charge >= 0.3 is 18.2 Å². The second-order valence-corrected chi connectivity index (χ2v) is 15.2. The van der Waals surface area contributed by atoms with Gasteiger partial charge in [-0.3, -0.25) is 19.8 Å². The van der Waals surface area contributed by atoms with Crippen molar-refractivity contribution in [3.05, 3.63) is 143 Å². The van der Waals surface area contributed by atoms with E-state index in [-0.39, 0.29) is 51.0 Å². The molecule has 4 N–H and O–H groups in total. The largest absolute Gasteiger partial charge is 0.459 e. The molecule has 4 rings (SSSR count). The molecule has 0 radical (unpaired) electrons. The van der Waals surface area contributed by atoms with Crippen LogP contribution in [0.1, 0.15) is 68.9 Å². The van der Waals surface area contributed by atoms with Crippen molar-refractivity contribution >= 4 is 30.0 Å². The van der Waals surface area contributed by atoms with E-state index in [1.54, 1.807) is 63.9 Å². The van der Waals surface area contributed by atoms with Crippen molar-refractivity contribution in [3.8, 4) is 6.07 Å². The lowest BCUT2D eigenvalue weighted by molar-refractivity contribution is -0.153. The molecule has 0 bridgehead atoms. The van der Waals surface area contributed by atoms with Crippen molar-refractivity contribution in [2.75, 3.05) is 6.54 Å². The van der Waals surface area contributed by atoms with Crippen molar-refractivity contribution in [3.63, 3.8) is 0 Å². The number of carbonyl (C=O) groups is 5. The fraction of sp³-hybridized carbons (Fsp3) is 0.362. The first kappa shape index (κ1) is 47.0. The van der Waals surface area contributed by atoms with Gasteiger partial charge in [-0.15, -0.1) is 0 Å². The first-order valence-electron chi connectivity index (χ1n) is 20.4. The summed E-state index contributed by atoms with van der Waals surface area (Å²) in [6.07, 6.45) is -2.39. The SMILES string of the molecule is CCC(=O)O[C@@H](CN(Cc1ccc(C#N)cc1)NC(=O)[C@@H](NC(=O)OCc1ccccc1)C(C)C)[C@H](Cc1ccccc1)NC(=O)[C@@H](NC(=O)OCc1ccccc1)C(C)C. The molecule has 4 aromatic carbocycles. The molecule has 0 aliphatic heterocycles. The predicted octanol–water partition coefficient (Wildman–Crippen LogP) is 6.34. The third-order valence-electron chi connectivity index (χ3n) is 9.64. The summed E-state index contributed by atoms with van der Waals surface area (Å²) in [6, 6.07) is 33.5. The van der Waals surface area contributed by atoms with E-state index in [1.807, 2.05) is 91.0 Å². The highest BCUT2D eigenvalue weighted by Crippen LogP contribution is 2.16. The fourth-order valence-electron chi connectivity index (χ4n) is 6.27. The smallest absolute Gasteiger partial charge is 0.408 e. The Morgan fingerprint density at radius 2 is 1.10 bits per heavy atom. The topological polar surface area (TPSA) is 188 Å². The fourth-order valence-corrected chi connectivity index (χ4v) is 6.27. The number of hydrazine groups is 1. The van der Waals surface area contributed by atoms with E-state index in [1.165, 1.54) is 0 Å². The van der Waals surface area contributed by atoms with Crippen molar-refractivity contribution in [2.24, 2.45) is 11.8 Å². The van der Waals surface area contributed by atoms with Crippen LogP contribution in [-0.2, 0) is 54.8 Å². The number of alkyl carbamates (subject to hydrolysis) is 2. The Morgan fingerprint density at radius 3 is 1.56 bits per heavy atom. The quantitative estimate of drug-likeness (QED) is 0.0419. The second-order valence-electron chi connectivity index (χ2n) is 15.2. The summed E-state index contributed by atoms with van der Waals surface area (Å²) in [5.74, 6) is -2.40. The zero-order valence-corrected chi connectivity index (χ0v) is 35.3. The lowest BCUT2D eigenvalue weighted by Gasteiger charge is -2.35. The molecule has 0 saturated carbocycles. The van der Waals surface area contributed by atoms with Gasteiger partial charge in [0, 0.05) is 13.0 Å². The Labute approximate surface area is 357 Å². The minimum atomic E-state index is -1.06. The first-order chi connectivity index (χ1) is 29.3. The van der Waals surface area contributed by atoms with E-state index in [9.17, 15) is 29.2 Å². The van der Waals surface area contributed by atoms with Crippen LogP contribution < -0.4 is 21.4 Å². The zero-order chi connectivity index (χ0) is 44.1. The van der Waals surface area contributed by atoms with Crippen LogP contribution in [0.2, 0.25) is 0 Å². The van der Waals surface area contributed by atoms with Gasteiger partial charge in [0.1, 0.15) is 31.4 Å². The average molecular weight is 833 g/mol. The summed E-state index contributed by atoms with van der Waals surface area (Å²) < 4.78 is 16.9. The Hall–Kier alpha value is -6.72. The Kier molecular flexibility index (Phi) is 18.8. The maximum Gasteiger partial charge on any atom is 0.408 e. The summed E-state index contributed by atoms with van der Waals surface area (Å²) in [7, 11) is 0. The van der Waals surface area contributed by atoms with Gasteiger partial charge < -0.3 is 30.2 Å². The summed E-state index contributed by atoms with van der Waals surface area (Å²) >= 11 is 0. The number of rotatable bonds is 21. The number of amides is 4. The Morgan fingerprint density at radius 1 is 0.623 bits per heavy atom. The minimum Gasteiger partial charge on any atom is -0.459 e. The van der Waals surface area contributed by atoms with Crippen LogP contribution in [0, 0.1) is 23.2 Å². The second kappa shape index (κ2) is 24.4. The molecule has 0 aliphatic rings. The van der Waals surface area contributed by atoms with Gasteiger partial charge in [-0.25, -0.2) is 14.6 Å². The summed E-state index contributed by atoms with van der Waals surface area (Å²) in [6.45, 7) is 8.74. The molecule has 0 aromatic heterocycles. The molecule has 0 heterocycles. The number of nitrogens with zero attached hydrogens (tertiary/aromatic N) is 2. The molecule has 4 atom stereocenters. The lowest BCUT2D eigenvalue weighted by atomic mass is 9.98. The van der Waals surface area contributed by atoms with E-state index < -0.39 is 54.2 Å². The van der Waals surface area contributed by atoms with Gasteiger partial charge in [-0.2, -0.15) is 5.26 Å². The number of hydrogen-bond acceptors (Lipinski definition) is 10. The first-order valence-corrected chi connectivity index (χ1v) is 20.4. The number of nitrogens with one attached hydrogen (secondary N) is 4. The molecule has 4 amide bonds. The Bertz CT molecular complexity index is 2040. The van der Waals surface area contributed by atoms with Crippen molar-refractivity contribution < 1.29 is 38.2 Å². The van der Waals surface area contributed by atoms with Crippen molar-refractivity contribution in [1.82, 2.24) is 26.4 Å². The number of nitriles is 1. The van der Waals surface area contributed by atoms with E-state index in [4.69, 9.17) is 14.2 Å². The number of ether oxygens (including phenoxy) is 3. The van der Waals surface area contributed by atoms with E-state index in [2.05, 4.69) is 27.4 Å². The molecule has 322 valence electrons. The standard InChI is InChI=1S/C47H56N6O8/c1-6-41(54)61-40(39(26-34-16-10-7-11-17-34)49-44(55)42(32(2)3)50-46(57)59-30-37-18-12-8-13-19-37)29-53(28-36-24-22-35(27-48)23-25-36)52-45(56)43(33(4)5)51-47(58)60-31-38-20-14-9-15-21-38/h7-25,32-33,39-40,42-43H,6,26,28-31H2,1-5H3,(H,49,55)(H,50,57)(H,51,58)(H,52,56)/t39-,40-,42-,43-/m0/s1. The highest BCUT2D eigenvalue weighted by molar-refractivity contribution is 5.86. The third-order valence-corrected chi connectivity index (χ3v) is 9.64. The van der Waals surface area contributed by atoms with Crippen LogP contribution in [0.15, 0.2) is 115 Å². The minimum absolute atomic E-state index is 0.00494. The van der Waals surface area contributed by atoms with Gasteiger partial charge in [0.05, 0.1) is 24.2 Å². The summed E-state index contributed by atoms with van der Waals surface area (Å²) in [5.41, 5.74) is 6.45. The van der Waals surface area contributed by atoms with Gasteiger partial charge in [0.15, 0.2) is 0 Å². The zero-order valence-electron chi connectivity index (χ0n) is 35.3. The molecular weight excluding hydrogens is 777 g/mol. The number of carbonyl (C=O) groups excluding carboxylic acids is 5. The van der Waals surface area contributed by atoms with Crippen molar-refractivity contribution in [1.29, 1.82) is 5.26 Å². The summed E-state index contributed by atoms with van der Waals surface area (Å²) in [5, 5.41) is 19.4. The van der Waals surface area contributed by atoms with E-state index >= 15 is 0 Å². The molecule has 14 nitrogen and oxygen atoms in total. The number of hydrogen-bond donors (Lipinski definition) is 4. The van der Waals surface area contributed by atoms with E-state index in [0.717, 1.165) is 16.7 Å². The highest BCUT2D eigenvalue weighted by Gasteiger charge is 2.34. The lowest BCUT2D eigenvalue weighted by Crippen LogP contribution is -2.60. The van der Waals surface area contributed by atoms with Crippen LogP contribution in [0.25, 0.3) is 0 Å². The van der Waals surface area contributed by atoms with Crippen LogP contribution >= 0.6 is 0 Å². The van der Waals surface area contributed by atoms with Gasteiger partial charge in [0.25, 0.3) is 5.91 Å². The molecule has 0 aliphatic carbocycles. The molecular formula is C47H56N6O8. The predicted molar refractivity (Wildman–Crippen MR) is 229 cm³/mol. The van der Waals surface area contributed by atoms with Crippen LogP contribution in [0.4, 0.5) is 9.59 Å². The van der Waals surface area contributed by atoms with Crippen molar-refractivity contribution in [2.45, 2.75) is 91.4 Å². The highest BCUT2D eigenvalue weighted by atomic mass is 16.6. The summed E-state index contributed by atoms with van der Waals surface area (Å²) in [4.78, 5) is 67.4. The molecule has 0 saturated heterocycles. The van der Waals surface area contributed by atoms with Gasteiger partial charge in [0.2, 0.25) is 5.91 Å². The molecule has 0 spiro atoms. The molecule has 0 unspecified atom stereocenters. The molecule has 14 heteroatoms. The molecule has 4 aromatic rings. The van der Waals surface area contributed by atoms with Crippen LogP contribution in [-0.4, -0.2) is 65.8 Å². The molecule has 0 fully saturated rings. The van der Waals surface area contributed by atoms with Gasteiger partial charge in [-0.1, -0.05) is 138 Å². The van der Waals surface area contributed by atoms with Crippen LogP contribution in [0.3, 0.4) is 0 Å². The Balaban J connectivity index is 1.63. The van der Waals surface area contributed by atoms with Crippen LogP contribution in [0.5, 0.6) is 0 Å². The van der Waals surface area contributed by atoms with Gasteiger partial charge in [-0.05, 0) is 52.6 Å². The third kappa shape index (κ3) is 16.1. The normalized spacial score (nSPS) is 12.9. The number of benzene rings is 4. The number of esters is 1. The maximum absolute atomic E-state index is 14.2. The average Bonchev–Trinajstić information content (AvgIpc) is 3.26. The maximum atomic E-state index is 14.2.